The van der Waals surface area contributed by atoms with E-state index in [1.165, 1.54) is 0 Å². The van der Waals surface area contributed by atoms with Gasteiger partial charge in [-0.05, 0) is 31.0 Å². The molecule has 0 aliphatic carbocycles. The Morgan fingerprint density at radius 1 is 1.19 bits per heavy atom. The summed E-state index contributed by atoms with van der Waals surface area (Å²) in [5.74, 6) is 0. The Morgan fingerprint density at radius 2 is 2.00 bits per heavy atom. The predicted molar refractivity (Wildman–Crippen MR) is 105 cm³/mol. The van der Waals surface area contributed by atoms with Crippen molar-refractivity contribution in [2.45, 2.75) is 18.9 Å². The van der Waals surface area contributed by atoms with Crippen molar-refractivity contribution in [3.8, 4) is 11.3 Å². The van der Waals surface area contributed by atoms with Gasteiger partial charge in [0.05, 0.1) is 17.5 Å². The van der Waals surface area contributed by atoms with Crippen LogP contribution in [-0.2, 0) is 4.74 Å². The number of hydrogen-bond donors (Lipinski definition) is 3. The molecule has 26 heavy (non-hydrogen) atoms. The fraction of sp³-hybridized carbons (Fsp3) is 0.250. The minimum absolute atomic E-state index is 0.111. The molecule has 0 radical (unpaired) electrons. The van der Waals surface area contributed by atoms with Crippen LogP contribution < -0.4 is 10.6 Å². The third-order valence-corrected chi connectivity index (χ3v) is 4.84. The number of rotatable bonds is 4. The van der Waals surface area contributed by atoms with Crippen molar-refractivity contribution in [1.82, 2.24) is 10.3 Å². The molecule has 1 atom stereocenters. The summed E-state index contributed by atoms with van der Waals surface area (Å²) in [6.45, 7) is 1.29. The Hall–Kier alpha value is -2.50. The number of aromatic amines is 1. The first-order valence-corrected chi connectivity index (χ1v) is 9.11. The minimum Gasteiger partial charge on any atom is -0.376 e. The number of ether oxygens (including phenoxy) is 1. The summed E-state index contributed by atoms with van der Waals surface area (Å²) in [6, 6.07) is 15.2. The second kappa shape index (κ2) is 7.40. The van der Waals surface area contributed by atoms with E-state index in [2.05, 4.69) is 15.6 Å². The van der Waals surface area contributed by atoms with Gasteiger partial charge in [-0.1, -0.05) is 41.9 Å². The van der Waals surface area contributed by atoms with Crippen molar-refractivity contribution in [2.24, 2.45) is 0 Å². The molecule has 0 spiro atoms. The van der Waals surface area contributed by atoms with Gasteiger partial charge in [0.1, 0.15) is 0 Å². The zero-order chi connectivity index (χ0) is 17.9. The number of carbonyl (C=O) groups is 1. The molecule has 0 saturated carbocycles. The first-order chi connectivity index (χ1) is 12.7. The lowest BCUT2D eigenvalue weighted by molar-refractivity contribution is 0.112. The molecule has 134 valence electrons. The Kier molecular flexibility index (Phi) is 4.82. The fourth-order valence-electron chi connectivity index (χ4n) is 3.27. The normalized spacial score (nSPS) is 16.7. The van der Waals surface area contributed by atoms with Gasteiger partial charge in [0.2, 0.25) is 0 Å². The van der Waals surface area contributed by atoms with Gasteiger partial charge in [-0.15, -0.1) is 0 Å². The maximum Gasteiger partial charge on any atom is 0.319 e. The van der Waals surface area contributed by atoms with Gasteiger partial charge in [-0.3, -0.25) is 0 Å². The Morgan fingerprint density at radius 3 is 2.77 bits per heavy atom. The van der Waals surface area contributed by atoms with Crippen molar-refractivity contribution >= 4 is 34.2 Å². The number of hydrogen-bond acceptors (Lipinski definition) is 2. The third kappa shape index (κ3) is 3.54. The molecule has 3 aromatic rings. The highest BCUT2D eigenvalue weighted by Crippen LogP contribution is 2.35. The molecule has 4 rings (SSSR count). The lowest BCUT2D eigenvalue weighted by atomic mass is 10.1. The smallest absolute Gasteiger partial charge is 0.319 e. The van der Waals surface area contributed by atoms with Gasteiger partial charge < -0.3 is 20.4 Å². The number of halogens is 1. The molecule has 1 aliphatic heterocycles. The maximum absolute atomic E-state index is 12.4. The van der Waals surface area contributed by atoms with E-state index in [1.54, 1.807) is 0 Å². The Bertz CT molecular complexity index is 914. The first kappa shape index (κ1) is 16.9. The molecule has 5 nitrogen and oxygen atoms in total. The lowest BCUT2D eigenvalue weighted by Gasteiger charge is -2.12. The highest BCUT2D eigenvalue weighted by Gasteiger charge is 2.18. The SMILES string of the molecule is O=C(NC[C@@H]1CCCO1)Nc1c(-c2ccc(Cl)cc2)[nH]c2ccccc12. The van der Waals surface area contributed by atoms with Crippen molar-refractivity contribution in [3.63, 3.8) is 0 Å². The van der Waals surface area contributed by atoms with Gasteiger partial charge in [0.15, 0.2) is 0 Å². The number of carbonyl (C=O) groups excluding carboxylic acids is 1. The molecule has 2 amide bonds. The van der Waals surface area contributed by atoms with Crippen LogP contribution >= 0.6 is 11.6 Å². The van der Waals surface area contributed by atoms with Crippen LogP contribution in [0.25, 0.3) is 22.2 Å². The standard InChI is InChI=1S/C20H20ClN3O2/c21-14-9-7-13(8-10-14)18-19(16-5-1-2-6-17(16)23-18)24-20(25)22-12-15-4-3-11-26-15/h1-2,5-10,15,23H,3-4,11-12H2,(H2,22,24,25)/t15-/m0/s1. The largest absolute Gasteiger partial charge is 0.376 e. The van der Waals surface area contributed by atoms with E-state index in [4.69, 9.17) is 16.3 Å². The summed E-state index contributed by atoms with van der Waals surface area (Å²) < 4.78 is 5.55. The number of nitrogens with one attached hydrogen (secondary N) is 3. The van der Waals surface area contributed by atoms with Gasteiger partial charge in [0, 0.05) is 34.6 Å². The molecule has 0 bridgehead atoms. The number of para-hydroxylation sites is 1. The van der Waals surface area contributed by atoms with Crippen LogP contribution in [-0.4, -0.2) is 30.3 Å². The average Bonchev–Trinajstić information content (AvgIpc) is 3.29. The number of aromatic nitrogens is 1. The van der Waals surface area contributed by atoms with Crippen LogP contribution in [0.15, 0.2) is 48.5 Å². The van der Waals surface area contributed by atoms with Crippen LogP contribution in [0.5, 0.6) is 0 Å². The van der Waals surface area contributed by atoms with Crippen LogP contribution in [0.3, 0.4) is 0 Å². The van der Waals surface area contributed by atoms with E-state index in [9.17, 15) is 4.79 Å². The predicted octanol–water partition coefficient (Wildman–Crippen LogP) is 4.79. The zero-order valence-corrected chi connectivity index (χ0v) is 15.0. The minimum atomic E-state index is -0.236. The quantitative estimate of drug-likeness (QED) is 0.619. The van der Waals surface area contributed by atoms with Crippen LogP contribution in [0.1, 0.15) is 12.8 Å². The Labute approximate surface area is 156 Å². The number of benzene rings is 2. The molecule has 2 aromatic carbocycles. The summed E-state index contributed by atoms with van der Waals surface area (Å²) in [5, 5.41) is 7.54. The molecule has 3 N–H and O–H groups in total. The number of amides is 2. The molecule has 2 heterocycles. The highest BCUT2D eigenvalue weighted by molar-refractivity contribution is 6.30. The second-order valence-corrected chi connectivity index (χ2v) is 6.83. The van der Waals surface area contributed by atoms with Gasteiger partial charge in [0.25, 0.3) is 0 Å². The van der Waals surface area contributed by atoms with Gasteiger partial charge in [-0.2, -0.15) is 0 Å². The molecule has 1 fully saturated rings. The van der Waals surface area contributed by atoms with Crippen molar-refractivity contribution in [2.75, 3.05) is 18.5 Å². The number of fused-ring (bicyclic) bond motifs is 1. The summed E-state index contributed by atoms with van der Waals surface area (Å²) in [4.78, 5) is 15.8. The van der Waals surface area contributed by atoms with E-state index in [-0.39, 0.29) is 12.1 Å². The third-order valence-electron chi connectivity index (χ3n) is 4.59. The molecular weight excluding hydrogens is 350 g/mol. The van der Waals surface area contributed by atoms with E-state index < -0.39 is 0 Å². The maximum atomic E-state index is 12.4. The monoisotopic (exact) mass is 369 g/mol. The summed E-state index contributed by atoms with van der Waals surface area (Å²) >= 11 is 6.00. The number of anilines is 1. The van der Waals surface area contributed by atoms with E-state index in [1.807, 2.05) is 48.5 Å². The summed E-state index contributed by atoms with van der Waals surface area (Å²) in [5.41, 5.74) is 3.54. The van der Waals surface area contributed by atoms with E-state index >= 15 is 0 Å². The Balaban J connectivity index is 1.60. The summed E-state index contributed by atoms with van der Waals surface area (Å²) in [7, 11) is 0. The number of urea groups is 1. The fourth-order valence-corrected chi connectivity index (χ4v) is 3.40. The topological polar surface area (TPSA) is 66.2 Å². The van der Waals surface area contributed by atoms with Crippen LogP contribution in [0.2, 0.25) is 5.02 Å². The van der Waals surface area contributed by atoms with Crippen molar-refractivity contribution in [1.29, 1.82) is 0 Å². The number of H-pyrrole nitrogens is 1. The second-order valence-electron chi connectivity index (χ2n) is 6.40. The highest BCUT2D eigenvalue weighted by atomic mass is 35.5. The molecular formula is C20H20ClN3O2. The van der Waals surface area contributed by atoms with Crippen LogP contribution in [0.4, 0.5) is 10.5 Å². The van der Waals surface area contributed by atoms with Crippen LogP contribution in [0, 0.1) is 0 Å². The van der Waals surface area contributed by atoms with Crippen molar-refractivity contribution < 1.29 is 9.53 Å². The van der Waals surface area contributed by atoms with Gasteiger partial charge >= 0.3 is 6.03 Å². The average molecular weight is 370 g/mol. The molecule has 1 saturated heterocycles. The van der Waals surface area contributed by atoms with E-state index in [0.717, 1.165) is 47.3 Å². The molecule has 6 heteroatoms. The summed E-state index contributed by atoms with van der Waals surface area (Å²) in [6.07, 6.45) is 2.15. The molecule has 1 aliphatic rings. The zero-order valence-electron chi connectivity index (χ0n) is 14.2. The van der Waals surface area contributed by atoms with Crippen molar-refractivity contribution in [3.05, 3.63) is 53.6 Å². The van der Waals surface area contributed by atoms with E-state index in [0.29, 0.717) is 11.6 Å². The molecule has 1 aromatic heterocycles. The first-order valence-electron chi connectivity index (χ1n) is 8.74. The molecule has 0 unspecified atom stereocenters. The van der Waals surface area contributed by atoms with Gasteiger partial charge in [-0.25, -0.2) is 4.79 Å². The lowest BCUT2D eigenvalue weighted by Crippen LogP contribution is -2.35.